The molecule has 1 aromatic carbocycles. The maximum absolute atomic E-state index is 12.5. The molecule has 28 heavy (non-hydrogen) atoms. The molecule has 10 heteroatoms. The van der Waals surface area contributed by atoms with Crippen LogP contribution in [0.1, 0.15) is 6.92 Å². The van der Waals surface area contributed by atoms with E-state index in [0.29, 0.717) is 29.0 Å². The highest BCUT2D eigenvalue weighted by Crippen LogP contribution is 2.28. The molecule has 2 heterocycles. The number of allylic oxidation sites excluding steroid dienone is 1. The second-order valence-electron chi connectivity index (χ2n) is 5.74. The summed E-state index contributed by atoms with van der Waals surface area (Å²) in [6.45, 7) is 5.91. The van der Waals surface area contributed by atoms with Crippen LogP contribution in [0, 0.1) is 10.1 Å². The Balaban J connectivity index is 1.74. The van der Waals surface area contributed by atoms with Crippen LogP contribution in [0.3, 0.4) is 0 Å². The van der Waals surface area contributed by atoms with Gasteiger partial charge >= 0.3 is 0 Å². The summed E-state index contributed by atoms with van der Waals surface area (Å²) in [6.07, 6.45) is 3.25. The Bertz CT molecular complexity index is 999. The van der Waals surface area contributed by atoms with E-state index in [-0.39, 0.29) is 11.6 Å². The largest absolute Gasteiger partial charge is 0.461 e. The minimum atomic E-state index is -0.517. The number of aromatic nitrogens is 3. The third-order valence-corrected chi connectivity index (χ3v) is 4.83. The molecule has 0 aliphatic rings. The highest BCUT2D eigenvalue weighted by atomic mass is 32.2. The second kappa shape index (κ2) is 8.53. The van der Waals surface area contributed by atoms with Gasteiger partial charge in [0.05, 0.1) is 16.4 Å². The van der Waals surface area contributed by atoms with Gasteiger partial charge in [-0.25, -0.2) is 0 Å². The molecular weight excluding hydrogens is 382 g/mol. The number of carbonyl (C=O) groups excluding carboxylic acids is 1. The van der Waals surface area contributed by atoms with Crippen LogP contribution in [0.5, 0.6) is 0 Å². The lowest BCUT2D eigenvalue weighted by molar-refractivity contribution is -0.384. The number of nitrogens with zero attached hydrogens (tertiary/aromatic N) is 4. The highest BCUT2D eigenvalue weighted by Gasteiger charge is 2.21. The third kappa shape index (κ3) is 4.29. The summed E-state index contributed by atoms with van der Waals surface area (Å²) >= 11 is 1.22. The van der Waals surface area contributed by atoms with Gasteiger partial charge < -0.3 is 9.73 Å². The average Bonchev–Trinajstić information content (AvgIpc) is 3.32. The molecule has 1 amide bonds. The number of furan rings is 1. The zero-order chi connectivity index (χ0) is 20.1. The Morgan fingerprint density at radius 1 is 1.43 bits per heavy atom. The van der Waals surface area contributed by atoms with Gasteiger partial charge in [0, 0.05) is 24.4 Å². The summed E-state index contributed by atoms with van der Waals surface area (Å²) in [6, 6.07) is 9.31. The molecule has 1 N–H and O–H groups in total. The van der Waals surface area contributed by atoms with Crippen LogP contribution in [0.15, 0.2) is 64.9 Å². The zero-order valence-corrected chi connectivity index (χ0v) is 15.8. The number of thioether (sulfide) groups is 1. The van der Waals surface area contributed by atoms with E-state index in [2.05, 4.69) is 22.1 Å². The maximum atomic E-state index is 12.5. The molecule has 3 rings (SSSR count). The molecule has 0 spiro atoms. The van der Waals surface area contributed by atoms with Gasteiger partial charge in [-0.15, -0.1) is 16.8 Å². The zero-order valence-electron chi connectivity index (χ0n) is 14.9. The molecule has 0 aliphatic heterocycles. The van der Waals surface area contributed by atoms with Crippen molar-refractivity contribution in [2.45, 2.75) is 23.9 Å². The Morgan fingerprint density at radius 3 is 2.93 bits per heavy atom. The van der Waals surface area contributed by atoms with Crippen LogP contribution in [0.25, 0.3) is 11.6 Å². The predicted molar refractivity (Wildman–Crippen MR) is 105 cm³/mol. The first-order valence-corrected chi connectivity index (χ1v) is 9.17. The number of amides is 1. The first kappa shape index (κ1) is 19.4. The van der Waals surface area contributed by atoms with Crippen molar-refractivity contribution in [3.05, 3.63) is 65.4 Å². The number of benzene rings is 1. The number of nitro benzene ring substituents is 1. The van der Waals surface area contributed by atoms with Crippen molar-refractivity contribution in [1.29, 1.82) is 0 Å². The van der Waals surface area contributed by atoms with Crippen LogP contribution < -0.4 is 5.32 Å². The van der Waals surface area contributed by atoms with Crippen molar-refractivity contribution in [2.75, 3.05) is 5.32 Å². The molecule has 0 unspecified atom stereocenters. The van der Waals surface area contributed by atoms with Gasteiger partial charge in [-0.2, -0.15) is 0 Å². The van der Waals surface area contributed by atoms with Crippen LogP contribution in [0.2, 0.25) is 0 Å². The third-order valence-electron chi connectivity index (χ3n) is 3.75. The SMILES string of the molecule is C=CCn1c(S[C@@H](C)C(=O)Nc2cccc([N+](=O)[O-])c2)nnc1-c1ccco1. The van der Waals surface area contributed by atoms with E-state index >= 15 is 0 Å². The molecule has 0 fully saturated rings. The number of rotatable bonds is 8. The van der Waals surface area contributed by atoms with E-state index in [0.717, 1.165) is 0 Å². The summed E-state index contributed by atoms with van der Waals surface area (Å²) in [7, 11) is 0. The molecular formula is C18H17N5O4S. The number of non-ortho nitro benzene ring substituents is 1. The van der Waals surface area contributed by atoms with E-state index in [9.17, 15) is 14.9 Å². The molecule has 0 aliphatic carbocycles. The Morgan fingerprint density at radius 2 is 2.25 bits per heavy atom. The number of hydrogen-bond donors (Lipinski definition) is 1. The van der Waals surface area contributed by atoms with E-state index in [1.807, 2.05) is 0 Å². The Labute approximate surface area is 164 Å². The molecule has 1 atom stereocenters. The van der Waals surface area contributed by atoms with Crippen molar-refractivity contribution in [3.8, 4) is 11.6 Å². The lowest BCUT2D eigenvalue weighted by atomic mass is 10.2. The minimum absolute atomic E-state index is 0.0908. The monoisotopic (exact) mass is 399 g/mol. The Hall–Kier alpha value is -3.40. The summed E-state index contributed by atoms with van der Waals surface area (Å²) < 4.78 is 7.18. The summed E-state index contributed by atoms with van der Waals surface area (Å²) in [4.78, 5) is 22.9. The molecule has 9 nitrogen and oxygen atoms in total. The quantitative estimate of drug-likeness (QED) is 0.265. The van der Waals surface area contributed by atoms with Gasteiger partial charge in [-0.3, -0.25) is 19.5 Å². The van der Waals surface area contributed by atoms with Crippen LogP contribution in [0.4, 0.5) is 11.4 Å². The second-order valence-corrected chi connectivity index (χ2v) is 7.05. The van der Waals surface area contributed by atoms with E-state index in [1.54, 1.807) is 42.0 Å². The molecule has 3 aromatic rings. The molecule has 144 valence electrons. The smallest absolute Gasteiger partial charge is 0.271 e. The first-order valence-electron chi connectivity index (χ1n) is 8.29. The molecule has 0 bridgehead atoms. The van der Waals surface area contributed by atoms with Gasteiger partial charge in [-0.05, 0) is 25.1 Å². The number of hydrogen-bond acceptors (Lipinski definition) is 7. The molecule has 0 saturated carbocycles. The van der Waals surface area contributed by atoms with E-state index < -0.39 is 10.2 Å². The Kier molecular flexibility index (Phi) is 5.90. The van der Waals surface area contributed by atoms with Crippen LogP contribution >= 0.6 is 11.8 Å². The lowest BCUT2D eigenvalue weighted by Crippen LogP contribution is -2.23. The fraction of sp³-hybridized carbons (Fsp3) is 0.167. The fourth-order valence-corrected chi connectivity index (χ4v) is 3.27. The number of nitrogens with one attached hydrogen (secondary N) is 1. The van der Waals surface area contributed by atoms with Crippen molar-refractivity contribution < 1.29 is 14.1 Å². The van der Waals surface area contributed by atoms with Crippen molar-refractivity contribution >= 4 is 29.0 Å². The van der Waals surface area contributed by atoms with Gasteiger partial charge in [0.2, 0.25) is 11.7 Å². The fourth-order valence-electron chi connectivity index (χ4n) is 2.41. The van der Waals surface area contributed by atoms with Gasteiger partial charge in [0.25, 0.3) is 5.69 Å². The number of carbonyl (C=O) groups is 1. The van der Waals surface area contributed by atoms with Crippen molar-refractivity contribution in [2.24, 2.45) is 0 Å². The van der Waals surface area contributed by atoms with Crippen LogP contribution in [-0.2, 0) is 11.3 Å². The number of nitro groups is 1. The standard InChI is InChI=1S/C18H17N5O4S/c1-3-9-22-16(15-8-5-10-27-15)20-21-18(22)28-12(2)17(24)19-13-6-4-7-14(11-13)23(25)26/h3-8,10-12H,1,9H2,2H3,(H,19,24)/t12-/m0/s1. The van der Waals surface area contributed by atoms with Gasteiger partial charge in [0.1, 0.15) is 0 Å². The summed E-state index contributed by atoms with van der Waals surface area (Å²) in [5.74, 6) is 0.798. The average molecular weight is 399 g/mol. The maximum Gasteiger partial charge on any atom is 0.271 e. The van der Waals surface area contributed by atoms with Crippen molar-refractivity contribution in [3.63, 3.8) is 0 Å². The van der Waals surface area contributed by atoms with Gasteiger partial charge in [0.15, 0.2) is 10.9 Å². The first-order chi connectivity index (χ1) is 13.5. The van der Waals surface area contributed by atoms with Crippen LogP contribution in [-0.4, -0.2) is 30.8 Å². The highest BCUT2D eigenvalue weighted by molar-refractivity contribution is 8.00. The van der Waals surface area contributed by atoms with Crippen molar-refractivity contribution in [1.82, 2.24) is 14.8 Å². The molecule has 0 saturated heterocycles. The van der Waals surface area contributed by atoms with E-state index in [1.165, 1.54) is 30.0 Å². The topological polar surface area (TPSA) is 116 Å². The molecule has 2 aromatic heterocycles. The minimum Gasteiger partial charge on any atom is -0.461 e. The summed E-state index contributed by atoms with van der Waals surface area (Å²) in [5.41, 5.74) is 0.266. The molecule has 0 radical (unpaired) electrons. The summed E-state index contributed by atoms with van der Waals surface area (Å²) in [5, 5.41) is 21.9. The van der Waals surface area contributed by atoms with Gasteiger partial charge in [-0.1, -0.05) is 23.9 Å². The predicted octanol–water partition coefficient (Wildman–Crippen LogP) is 3.75. The van der Waals surface area contributed by atoms with E-state index in [4.69, 9.17) is 4.42 Å². The number of anilines is 1. The normalized spacial score (nSPS) is 11.8. The lowest BCUT2D eigenvalue weighted by Gasteiger charge is -2.12.